The molecular formula is C16H13BrClN3. The molecule has 1 atom stereocenters. The fourth-order valence-corrected chi connectivity index (χ4v) is 2.99. The first-order chi connectivity index (χ1) is 9.75. The van der Waals surface area contributed by atoms with Crippen LogP contribution < -0.4 is 27.7 Å². The predicted molar refractivity (Wildman–Crippen MR) is 82.6 cm³/mol. The van der Waals surface area contributed by atoms with E-state index in [4.69, 9.17) is 17.3 Å². The van der Waals surface area contributed by atoms with Crippen LogP contribution in [0.15, 0.2) is 48.5 Å². The van der Waals surface area contributed by atoms with E-state index in [2.05, 4.69) is 27.9 Å². The van der Waals surface area contributed by atoms with Crippen LogP contribution in [0.3, 0.4) is 0 Å². The molecule has 0 saturated heterocycles. The van der Waals surface area contributed by atoms with Crippen LogP contribution in [0.5, 0.6) is 0 Å². The first kappa shape index (κ1) is 14.2. The van der Waals surface area contributed by atoms with Crippen molar-refractivity contribution in [1.82, 2.24) is 4.57 Å². The Bertz CT molecular complexity index is 837. The molecule has 2 aromatic carbocycles. The van der Waals surface area contributed by atoms with Crippen molar-refractivity contribution in [1.29, 1.82) is 0 Å². The molecule has 0 spiro atoms. The van der Waals surface area contributed by atoms with E-state index in [0.717, 1.165) is 33.0 Å². The number of rotatable bonds is 1. The average molecular weight is 363 g/mol. The monoisotopic (exact) mass is 361 g/mol. The first-order valence-electron chi connectivity index (χ1n) is 6.49. The largest absolute Gasteiger partial charge is 1.00 e. The highest BCUT2D eigenvalue weighted by Gasteiger charge is 2.32. The minimum absolute atomic E-state index is 0. The minimum Gasteiger partial charge on any atom is -1.00 e. The zero-order valence-corrected chi connectivity index (χ0v) is 13.4. The van der Waals surface area contributed by atoms with Crippen LogP contribution in [0.2, 0.25) is 5.02 Å². The molecule has 1 aliphatic rings. The van der Waals surface area contributed by atoms with Gasteiger partial charge < -0.3 is 22.7 Å². The summed E-state index contributed by atoms with van der Waals surface area (Å²) >= 11 is 5.96. The van der Waals surface area contributed by atoms with Gasteiger partial charge in [-0.25, -0.2) is 4.99 Å². The van der Waals surface area contributed by atoms with Crippen LogP contribution in [0.4, 0.5) is 11.6 Å². The van der Waals surface area contributed by atoms with Gasteiger partial charge in [0.25, 0.3) is 5.82 Å². The van der Waals surface area contributed by atoms with Gasteiger partial charge in [-0.2, -0.15) is 4.57 Å². The van der Waals surface area contributed by atoms with Gasteiger partial charge in [-0.05, 0) is 24.3 Å². The van der Waals surface area contributed by atoms with E-state index in [1.54, 1.807) is 0 Å². The van der Waals surface area contributed by atoms with E-state index in [1.807, 2.05) is 36.4 Å². The number of nitrogen functional groups attached to an aromatic ring is 1. The fraction of sp³-hybridized carbons (Fsp3) is 0.0625. The van der Waals surface area contributed by atoms with E-state index in [9.17, 15) is 0 Å². The van der Waals surface area contributed by atoms with Gasteiger partial charge in [0.05, 0.1) is 10.8 Å². The first-order valence-corrected chi connectivity index (χ1v) is 6.87. The number of nitrogens with two attached hydrogens (primary N) is 1. The van der Waals surface area contributed by atoms with Crippen LogP contribution >= 0.6 is 11.6 Å². The average Bonchev–Trinajstić information content (AvgIpc) is 3.02. The van der Waals surface area contributed by atoms with Crippen LogP contribution in [-0.4, -0.2) is 10.8 Å². The van der Waals surface area contributed by atoms with Crippen LogP contribution in [-0.2, 0) is 0 Å². The molecule has 1 aromatic heterocycles. The number of anilines is 1. The van der Waals surface area contributed by atoms with Crippen molar-refractivity contribution in [3.63, 3.8) is 0 Å². The second-order valence-corrected chi connectivity index (χ2v) is 5.39. The molecule has 4 rings (SSSR count). The third kappa shape index (κ3) is 2.06. The topological polar surface area (TPSA) is 44.9 Å². The fourth-order valence-electron chi connectivity index (χ4n) is 2.87. The lowest BCUT2D eigenvalue weighted by Crippen LogP contribution is -3.00. The van der Waals surface area contributed by atoms with Gasteiger partial charge in [-0.3, -0.25) is 0 Å². The molecule has 3 N–H and O–H groups in total. The lowest BCUT2D eigenvalue weighted by Gasteiger charge is -2.07. The Labute approximate surface area is 137 Å². The molecule has 3 nitrogen and oxygen atoms in total. The van der Waals surface area contributed by atoms with Crippen LogP contribution in [0, 0.1) is 0 Å². The molecule has 106 valence electrons. The van der Waals surface area contributed by atoms with Gasteiger partial charge >= 0.3 is 0 Å². The summed E-state index contributed by atoms with van der Waals surface area (Å²) in [5, 5.41) is 2.98. The number of hydrogen-bond acceptors (Lipinski definition) is 1. The van der Waals surface area contributed by atoms with Crippen molar-refractivity contribution in [2.75, 3.05) is 5.73 Å². The van der Waals surface area contributed by atoms with Gasteiger partial charge in [0.1, 0.15) is 6.21 Å². The van der Waals surface area contributed by atoms with Gasteiger partial charge in [0.2, 0.25) is 5.82 Å². The molecule has 0 aliphatic carbocycles. The Morgan fingerprint density at radius 1 is 1.00 bits per heavy atom. The molecule has 3 aromatic rings. The predicted octanol–water partition coefficient (Wildman–Crippen LogP) is -0.733. The Kier molecular flexibility index (Phi) is 3.51. The lowest BCUT2D eigenvalue weighted by molar-refractivity contribution is -0.345. The molecule has 0 fully saturated rings. The number of benzene rings is 2. The van der Waals surface area contributed by atoms with Gasteiger partial charge in [0.15, 0.2) is 6.04 Å². The zero-order valence-electron chi connectivity index (χ0n) is 11.1. The second kappa shape index (κ2) is 5.20. The quantitative estimate of drug-likeness (QED) is 0.589. The summed E-state index contributed by atoms with van der Waals surface area (Å²) in [4.78, 5) is 3.35. The molecule has 0 amide bonds. The van der Waals surface area contributed by atoms with E-state index in [-0.39, 0.29) is 23.0 Å². The van der Waals surface area contributed by atoms with Crippen molar-refractivity contribution in [2.45, 2.75) is 6.04 Å². The molecule has 1 aliphatic heterocycles. The normalized spacial score (nSPS) is 16.0. The van der Waals surface area contributed by atoms with Gasteiger partial charge in [-0.1, -0.05) is 35.9 Å². The Hall–Kier alpha value is -1.78. The van der Waals surface area contributed by atoms with E-state index in [1.165, 1.54) is 0 Å². The highest BCUT2D eigenvalue weighted by molar-refractivity contribution is 6.30. The van der Waals surface area contributed by atoms with Crippen molar-refractivity contribution >= 4 is 40.2 Å². The van der Waals surface area contributed by atoms with Crippen molar-refractivity contribution in [3.8, 4) is 0 Å². The Morgan fingerprint density at radius 2 is 1.67 bits per heavy atom. The van der Waals surface area contributed by atoms with E-state index < -0.39 is 0 Å². The van der Waals surface area contributed by atoms with Gasteiger partial charge in [-0.15, -0.1) is 0 Å². The molecule has 21 heavy (non-hydrogen) atoms. The maximum Gasteiger partial charge on any atom is 0.289 e. The number of halogens is 2. The summed E-state index contributed by atoms with van der Waals surface area (Å²) in [5.74, 6) is 1.84. The van der Waals surface area contributed by atoms with E-state index in [0.29, 0.717) is 0 Å². The Balaban J connectivity index is 0.00000132. The SMILES string of the molecule is Nc1c2ccccc2c2n1C(c1ccc(Cl)cc1)C=[NH+]2.[Br-]. The molecule has 0 bridgehead atoms. The molecular weight excluding hydrogens is 350 g/mol. The summed E-state index contributed by atoms with van der Waals surface area (Å²) in [6, 6.07) is 16.1. The van der Waals surface area contributed by atoms with Crippen molar-refractivity contribution in [3.05, 3.63) is 59.1 Å². The maximum atomic E-state index is 6.32. The molecule has 0 saturated carbocycles. The number of nitrogens with zero attached hydrogens (tertiary/aromatic N) is 1. The summed E-state index contributed by atoms with van der Waals surface area (Å²) < 4.78 is 2.13. The third-order valence-electron chi connectivity index (χ3n) is 3.83. The smallest absolute Gasteiger partial charge is 0.289 e. The van der Waals surface area contributed by atoms with Crippen LogP contribution in [0.1, 0.15) is 11.6 Å². The van der Waals surface area contributed by atoms with Gasteiger partial charge in [0, 0.05) is 10.6 Å². The number of aromatic nitrogens is 1. The maximum absolute atomic E-state index is 6.32. The van der Waals surface area contributed by atoms with Crippen molar-refractivity contribution < 1.29 is 22.0 Å². The molecule has 1 unspecified atom stereocenters. The number of nitrogens with one attached hydrogen (secondary N) is 1. The lowest BCUT2D eigenvalue weighted by atomic mass is 10.1. The highest BCUT2D eigenvalue weighted by Crippen LogP contribution is 2.35. The van der Waals surface area contributed by atoms with E-state index >= 15 is 0 Å². The third-order valence-corrected chi connectivity index (χ3v) is 4.08. The summed E-state index contributed by atoms with van der Waals surface area (Å²) in [7, 11) is 0. The zero-order chi connectivity index (χ0) is 13.7. The summed E-state index contributed by atoms with van der Waals surface area (Å²) in [6.45, 7) is 0. The minimum atomic E-state index is 0. The highest BCUT2D eigenvalue weighted by atomic mass is 79.9. The number of fused-ring (bicyclic) bond motifs is 3. The standard InChI is InChI=1S/C16H12ClN3.BrH/c17-11-7-5-10(6-8-11)14-9-19-16-13-4-2-1-3-12(13)15(18)20(14)16;/h1-9,14H,18H2;1H. The molecule has 2 heterocycles. The van der Waals surface area contributed by atoms with Crippen molar-refractivity contribution in [2.24, 2.45) is 0 Å². The summed E-state index contributed by atoms with van der Waals surface area (Å²) in [6.07, 6.45) is 2.06. The molecule has 0 radical (unpaired) electrons. The molecule has 5 heteroatoms. The Morgan fingerprint density at radius 3 is 2.38 bits per heavy atom. The van der Waals surface area contributed by atoms with Crippen LogP contribution in [0.25, 0.3) is 10.8 Å². The summed E-state index contributed by atoms with van der Waals surface area (Å²) in [5.41, 5.74) is 7.48. The second-order valence-electron chi connectivity index (χ2n) is 4.96. The number of hydrogen-bond donors (Lipinski definition) is 2.